The third-order valence-electron chi connectivity index (χ3n) is 3.81. The average Bonchev–Trinajstić information content (AvgIpc) is 3.05. The number of thioether (sulfide) groups is 1. The quantitative estimate of drug-likeness (QED) is 0.595. The molecule has 1 aromatic heterocycles. The monoisotopic (exact) mass is 428 g/mol. The zero-order valence-corrected chi connectivity index (χ0v) is 16.8. The van der Waals surface area contributed by atoms with E-state index in [0.29, 0.717) is 0 Å². The maximum absolute atomic E-state index is 5.80. The predicted octanol–water partition coefficient (Wildman–Crippen LogP) is 4.85. The van der Waals surface area contributed by atoms with Crippen molar-refractivity contribution in [3.8, 4) is 17.1 Å². The molecule has 0 amide bonds. The van der Waals surface area contributed by atoms with Crippen molar-refractivity contribution >= 4 is 33.4 Å². The van der Waals surface area contributed by atoms with E-state index >= 15 is 0 Å². The summed E-state index contributed by atoms with van der Waals surface area (Å²) in [6, 6.07) is 16.1. The van der Waals surface area contributed by atoms with Crippen LogP contribution in [0.4, 0.5) is 0 Å². The third kappa shape index (κ3) is 3.54. The summed E-state index contributed by atoms with van der Waals surface area (Å²) in [5.74, 6) is 2.31. The summed E-state index contributed by atoms with van der Waals surface area (Å²) in [6.45, 7) is 4.02. The van der Waals surface area contributed by atoms with E-state index in [1.54, 1.807) is 11.8 Å². The molecule has 0 aliphatic carbocycles. The third-order valence-corrected chi connectivity index (χ3v) is 5.27. The van der Waals surface area contributed by atoms with Crippen LogP contribution >= 0.6 is 27.7 Å². The maximum atomic E-state index is 5.80. The first-order valence-electron chi connectivity index (χ1n) is 8.29. The Hall–Kier alpha value is -2.12. The number of ether oxygens (including phenoxy) is 1. The van der Waals surface area contributed by atoms with Gasteiger partial charge in [-0.05, 0) is 43.7 Å². The highest BCUT2D eigenvalue weighted by molar-refractivity contribution is 9.10. The van der Waals surface area contributed by atoms with Crippen LogP contribution in [-0.4, -0.2) is 32.4 Å². The van der Waals surface area contributed by atoms with Crippen LogP contribution in [0.25, 0.3) is 11.4 Å². The molecule has 1 aliphatic heterocycles. The average molecular weight is 429 g/mol. The van der Waals surface area contributed by atoms with Gasteiger partial charge in [-0.1, -0.05) is 52.0 Å². The lowest BCUT2D eigenvalue weighted by atomic mass is 10.1. The van der Waals surface area contributed by atoms with Gasteiger partial charge in [-0.2, -0.15) is 9.78 Å². The van der Waals surface area contributed by atoms with Crippen molar-refractivity contribution in [2.24, 2.45) is 5.10 Å². The van der Waals surface area contributed by atoms with Gasteiger partial charge in [0.25, 0.3) is 0 Å². The Morgan fingerprint density at radius 1 is 1.08 bits per heavy atom. The van der Waals surface area contributed by atoms with E-state index < -0.39 is 0 Å². The Balaban J connectivity index is 1.72. The number of rotatable bonds is 4. The van der Waals surface area contributed by atoms with Crippen molar-refractivity contribution in [2.45, 2.75) is 25.1 Å². The number of aromatic nitrogens is 3. The van der Waals surface area contributed by atoms with Crippen molar-refractivity contribution in [1.29, 1.82) is 0 Å². The molecular weight excluding hydrogens is 412 g/mol. The van der Waals surface area contributed by atoms with E-state index in [1.165, 1.54) is 0 Å². The van der Waals surface area contributed by atoms with Gasteiger partial charge in [-0.25, -0.2) is 0 Å². The molecule has 0 atom stereocenters. The van der Waals surface area contributed by atoms with Gasteiger partial charge in [-0.15, -0.1) is 10.2 Å². The molecule has 0 saturated heterocycles. The van der Waals surface area contributed by atoms with Gasteiger partial charge in [0, 0.05) is 15.8 Å². The van der Waals surface area contributed by atoms with Gasteiger partial charge < -0.3 is 4.74 Å². The van der Waals surface area contributed by atoms with Gasteiger partial charge in [-0.3, -0.25) is 0 Å². The number of fused-ring (bicyclic) bond motifs is 1. The Bertz CT molecular complexity index is 966. The summed E-state index contributed by atoms with van der Waals surface area (Å²) in [5, 5.41) is 14.2. The number of nitrogens with zero attached hydrogens (tertiary/aromatic N) is 4. The number of halogens is 1. The van der Waals surface area contributed by atoms with Crippen molar-refractivity contribution in [2.75, 3.05) is 5.75 Å². The van der Waals surface area contributed by atoms with Gasteiger partial charge in [0.2, 0.25) is 5.16 Å². The minimum Gasteiger partial charge on any atom is -0.491 e. The van der Waals surface area contributed by atoms with Crippen molar-refractivity contribution in [3.05, 3.63) is 58.6 Å². The molecule has 2 aromatic carbocycles. The van der Waals surface area contributed by atoms with Crippen LogP contribution in [0.1, 0.15) is 19.4 Å². The van der Waals surface area contributed by atoms with Gasteiger partial charge in [0.15, 0.2) is 5.82 Å². The second kappa shape index (κ2) is 7.25. The molecule has 26 heavy (non-hydrogen) atoms. The topological polar surface area (TPSA) is 52.3 Å². The second-order valence-electron chi connectivity index (χ2n) is 6.15. The summed E-state index contributed by atoms with van der Waals surface area (Å²) >= 11 is 5.11. The van der Waals surface area contributed by atoms with Crippen LogP contribution in [-0.2, 0) is 0 Å². The summed E-state index contributed by atoms with van der Waals surface area (Å²) in [7, 11) is 0. The predicted molar refractivity (Wildman–Crippen MR) is 108 cm³/mol. The lowest BCUT2D eigenvalue weighted by molar-refractivity contribution is 0.242. The molecule has 3 aromatic rings. The molecule has 2 heterocycles. The van der Waals surface area contributed by atoms with Crippen LogP contribution in [0.3, 0.4) is 0 Å². The van der Waals surface area contributed by atoms with Crippen LogP contribution in [0.5, 0.6) is 5.75 Å². The Morgan fingerprint density at radius 3 is 2.65 bits per heavy atom. The minimum atomic E-state index is 0.121. The van der Waals surface area contributed by atoms with E-state index in [1.807, 2.05) is 54.9 Å². The molecule has 0 N–H and O–H groups in total. The second-order valence-corrected chi connectivity index (χ2v) is 8.01. The van der Waals surface area contributed by atoms with E-state index in [0.717, 1.165) is 43.8 Å². The first kappa shape index (κ1) is 17.3. The van der Waals surface area contributed by atoms with Gasteiger partial charge in [0.05, 0.1) is 11.8 Å². The molecular formula is C19H17BrN4OS. The van der Waals surface area contributed by atoms with Crippen molar-refractivity contribution < 1.29 is 4.74 Å². The first-order valence-corrected chi connectivity index (χ1v) is 10.1. The van der Waals surface area contributed by atoms with Crippen LogP contribution in [0, 0.1) is 0 Å². The largest absolute Gasteiger partial charge is 0.491 e. The van der Waals surface area contributed by atoms with Crippen LogP contribution in [0.2, 0.25) is 0 Å². The number of benzene rings is 2. The molecule has 132 valence electrons. The lowest BCUT2D eigenvalue weighted by Gasteiger charge is -2.14. The highest BCUT2D eigenvalue weighted by atomic mass is 79.9. The van der Waals surface area contributed by atoms with E-state index in [9.17, 15) is 0 Å². The van der Waals surface area contributed by atoms with Gasteiger partial charge >= 0.3 is 0 Å². The molecule has 0 saturated carbocycles. The summed E-state index contributed by atoms with van der Waals surface area (Å²) in [6.07, 6.45) is 0.121. The normalized spacial score (nSPS) is 13.5. The lowest BCUT2D eigenvalue weighted by Crippen LogP contribution is -2.13. The standard InChI is InChI=1S/C19H17BrN4OS/c1-12(2)25-16-5-3-4-14(10-16)18-21-22-19-24(18)23-17(11-26-19)13-6-8-15(20)9-7-13/h3-10,12H,11H2,1-2H3. The number of hydrogen-bond acceptors (Lipinski definition) is 5. The smallest absolute Gasteiger partial charge is 0.212 e. The molecule has 7 heteroatoms. The molecule has 1 aliphatic rings. The Kier molecular flexibility index (Phi) is 4.82. The maximum Gasteiger partial charge on any atom is 0.212 e. The number of hydrogen-bond donors (Lipinski definition) is 0. The fourth-order valence-electron chi connectivity index (χ4n) is 2.67. The molecule has 5 nitrogen and oxygen atoms in total. The SMILES string of the molecule is CC(C)Oc1cccc(-c2nnc3n2N=C(c2ccc(Br)cc2)CS3)c1. The summed E-state index contributed by atoms with van der Waals surface area (Å²) in [4.78, 5) is 0. The van der Waals surface area contributed by atoms with Crippen molar-refractivity contribution in [3.63, 3.8) is 0 Å². The van der Waals surface area contributed by atoms with Crippen molar-refractivity contribution in [1.82, 2.24) is 14.9 Å². The fourth-order valence-corrected chi connectivity index (χ4v) is 3.77. The highest BCUT2D eigenvalue weighted by Crippen LogP contribution is 2.30. The van der Waals surface area contributed by atoms with E-state index in [4.69, 9.17) is 9.84 Å². The van der Waals surface area contributed by atoms with E-state index in [-0.39, 0.29) is 6.10 Å². The molecule has 0 spiro atoms. The van der Waals surface area contributed by atoms with Crippen LogP contribution < -0.4 is 4.74 Å². The molecule has 0 bridgehead atoms. The summed E-state index contributed by atoms with van der Waals surface area (Å²) in [5.41, 5.74) is 3.04. The van der Waals surface area contributed by atoms with Crippen LogP contribution in [0.15, 0.2) is 63.3 Å². The Morgan fingerprint density at radius 2 is 1.88 bits per heavy atom. The summed E-state index contributed by atoms with van der Waals surface area (Å²) < 4.78 is 8.67. The Labute approximate surface area is 164 Å². The zero-order chi connectivity index (χ0) is 18.1. The van der Waals surface area contributed by atoms with E-state index in [2.05, 4.69) is 38.3 Å². The van der Waals surface area contributed by atoms with Gasteiger partial charge in [0.1, 0.15) is 5.75 Å². The molecule has 0 fully saturated rings. The molecule has 0 radical (unpaired) electrons. The zero-order valence-electron chi connectivity index (χ0n) is 14.4. The molecule has 0 unspecified atom stereocenters. The minimum absolute atomic E-state index is 0.121. The fraction of sp³-hybridized carbons (Fsp3) is 0.211. The first-order chi connectivity index (χ1) is 12.6. The molecule has 4 rings (SSSR count). The highest BCUT2D eigenvalue weighted by Gasteiger charge is 2.21.